The van der Waals surface area contributed by atoms with Gasteiger partial charge in [0.2, 0.25) is 0 Å². The second kappa shape index (κ2) is 2.18. The van der Waals surface area contributed by atoms with Crippen LogP contribution in [0, 0.1) is 0 Å². The molecule has 0 spiro atoms. The number of nitrogens with two attached hydrogens (primary N) is 1. The van der Waals surface area contributed by atoms with Crippen LogP contribution in [-0.2, 0) is 0 Å². The maximum Gasteiger partial charge on any atom is 0.306 e. The van der Waals surface area contributed by atoms with Crippen molar-refractivity contribution in [1.29, 1.82) is 0 Å². The lowest BCUT2D eigenvalue weighted by atomic mass is 10.6. The molecule has 1 aromatic rings. The summed E-state index contributed by atoms with van der Waals surface area (Å²) < 4.78 is 0.803. The highest BCUT2D eigenvalue weighted by atomic mass is 32.1. The van der Waals surface area contributed by atoms with E-state index in [0.717, 1.165) is 15.9 Å². The van der Waals surface area contributed by atoms with Gasteiger partial charge in [-0.2, -0.15) is 0 Å². The van der Waals surface area contributed by atoms with Crippen molar-refractivity contribution in [2.24, 2.45) is 10.7 Å². The third-order valence-corrected chi connectivity index (χ3v) is 2.13. The fraction of sp³-hybridized carbons (Fsp3) is 0.200. The Morgan fingerprint density at radius 2 is 2.55 bits per heavy atom. The van der Waals surface area contributed by atoms with Gasteiger partial charge in [0.25, 0.3) is 0 Å². The van der Waals surface area contributed by atoms with Gasteiger partial charge in [0, 0.05) is 6.20 Å². The molecule has 11 heavy (non-hydrogen) atoms. The molecule has 5 nitrogen and oxygen atoms in total. The summed E-state index contributed by atoms with van der Waals surface area (Å²) in [5.41, 5.74) is 6.01. The summed E-state index contributed by atoms with van der Waals surface area (Å²) in [6.45, 7) is 0. The van der Waals surface area contributed by atoms with Gasteiger partial charge >= 0.3 is 4.87 Å². The highest BCUT2D eigenvalue weighted by Crippen LogP contribution is 1.77. The summed E-state index contributed by atoms with van der Waals surface area (Å²) in [4.78, 5) is 17.2. The van der Waals surface area contributed by atoms with Gasteiger partial charge in [0.15, 0.2) is 11.8 Å². The predicted octanol–water partition coefficient (Wildman–Crippen LogP) is -2.36. The van der Waals surface area contributed by atoms with Crippen LogP contribution in [-0.4, -0.2) is 11.3 Å². The lowest BCUT2D eigenvalue weighted by Gasteiger charge is -2.06. The van der Waals surface area contributed by atoms with Crippen molar-refractivity contribution in [3.8, 4) is 0 Å². The van der Waals surface area contributed by atoms with Gasteiger partial charge in [-0.1, -0.05) is 11.3 Å². The van der Waals surface area contributed by atoms with E-state index in [0.29, 0.717) is 5.49 Å². The number of nitrogens with zero attached hydrogens (tertiary/aromatic N) is 1. The molecule has 0 saturated carbocycles. The third-order valence-electron chi connectivity index (χ3n) is 1.31. The molecule has 0 radical (unpaired) electrons. The minimum Gasteiger partial charge on any atom is -0.356 e. The van der Waals surface area contributed by atoms with Crippen molar-refractivity contribution in [3.63, 3.8) is 0 Å². The van der Waals surface area contributed by atoms with Crippen LogP contribution in [0.2, 0.25) is 0 Å². The average molecular weight is 170 g/mol. The second-order valence-electron chi connectivity index (χ2n) is 2.11. The topological polar surface area (TPSA) is 83.3 Å². The van der Waals surface area contributed by atoms with Crippen LogP contribution in [0.1, 0.15) is 0 Å². The number of thiazole rings is 1. The number of aromatic amines is 1. The Morgan fingerprint density at radius 1 is 1.73 bits per heavy atom. The number of hydrogen-bond acceptors (Lipinski definition) is 5. The Morgan fingerprint density at radius 3 is 3.36 bits per heavy atom. The first kappa shape index (κ1) is 6.56. The summed E-state index contributed by atoms with van der Waals surface area (Å²) in [5, 5.41) is 2.79. The molecule has 1 aliphatic heterocycles. The number of nitrogens with one attached hydrogen (secondary N) is 2. The minimum absolute atomic E-state index is 0.106. The van der Waals surface area contributed by atoms with Gasteiger partial charge < -0.3 is 5.32 Å². The zero-order valence-electron chi connectivity index (χ0n) is 5.50. The van der Waals surface area contributed by atoms with Crippen LogP contribution >= 0.6 is 11.3 Å². The lowest BCUT2D eigenvalue weighted by Crippen LogP contribution is -2.42. The van der Waals surface area contributed by atoms with Gasteiger partial charge in [-0.3, -0.25) is 15.5 Å². The summed E-state index contributed by atoms with van der Waals surface area (Å²) in [7, 11) is 0. The highest BCUT2D eigenvalue weighted by Gasteiger charge is 2.02. The number of aromatic nitrogens is 1. The molecule has 0 bridgehead atoms. The van der Waals surface area contributed by atoms with Gasteiger partial charge in [-0.25, -0.2) is 4.99 Å². The molecule has 4 N–H and O–H groups in total. The third kappa shape index (κ3) is 1.06. The Bertz CT molecular complexity index is 430. The molecule has 2 heterocycles. The number of hydrogen-bond donors (Lipinski definition) is 3. The van der Waals surface area contributed by atoms with Crippen LogP contribution in [0.25, 0.3) is 6.20 Å². The molecular formula is C5H6N4OS. The molecule has 1 aromatic heterocycles. The molecule has 1 atom stereocenters. The number of rotatable bonds is 0. The Hall–Kier alpha value is -1.14. The van der Waals surface area contributed by atoms with Gasteiger partial charge in [0.05, 0.1) is 4.53 Å². The minimum atomic E-state index is -0.437. The number of H-pyrrole nitrogens is 1. The summed E-state index contributed by atoms with van der Waals surface area (Å²) in [6, 6.07) is 0. The molecule has 0 aromatic carbocycles. The zero-order chi connectivity index (χ0) is 7.84. The Balaban J connectivity index is 2.82. The van der Waals surface area contributed by atoms with Crippen molar-refractivity contribution < 1.29 is 0 Å². The molecule has 0 saturated heterocycles. The van der Waals surface area contributed by atoms with E-state index in [9.17, 15) is 4.79 Å². The van der Waals surface area contributed by atoms with Crippen molar-refractivity contribution in [2.75, 3.05) is 0 Å². The van der Waals surface area contributed by atoms with E-state index >= 15 is 0 Å². The molecule has 6 heteroatoms. The van der Waals surface area contributed by atoms with E-state index in [1.807, 2.05) is 0 Å². The first-order valence-corrected chi connectivity index (χ1v) is 3.86. The molecular weight excluding hydrogens is 164 g/mol. The van der Waals surface area contributed by atoms with E-state index in [1.165, 1.54) is 0 Å². The molecule has 1 aliphatic rings. The molecule has 0 amide bonds. The van der Waals surface area contributed by atoms with Crippen LogP contribution in [0.3, 0.4) is 0 Å². The monoisotopic (exact) mass is 170 g/mol. The van der Waals surface area contributed by atoms with E-state index in [2.05, 4.69) is 15.3 Å². The lowest BCUT2D eigenvalue weighted by molar-refractivity contribution is 0.629. The van der Waals surface area contributed by atoms with E-state index in [1.54, 1.807) is 6.20 Å². The van der Waals surface area contributed by atoms with Crippen LogP contribution in [0.15, 0.2) is 9.79 Å². The predicted molar refractivity (Wildman–Crippen MR) is 41.3 cm³/mol. The maximum absolute atomic E-state index is 10.8. The van der Waals surface area contributed by atoms with Crippen molar-refractivity contribution in [1.82, 2.24) is 10.3 Å². The standard InChI is InChI=1S/C5H6N4OS/c6-4-7-1-2-3(8-4)9-5(10)11-2/h1,4,7H,6H2,(H,8,9,10). The quantitative estimate of drug-likeness (QED) is 0.407. The molecule has 2 rings (SSSR count). The van der Waals surface area contributed by atoms with Crippen molar-refractivity contribution in [3.05, 3.63) is 19.7 Å². The Labute approximate surface area is 65.3 Å². The van der Waals surface area contributed by atoms with Crippen LogP contribution in [0.4, 0.5) is 0 Å². The normalized spacial score (nSPS) is 21.0. The smallest absolute Gasteiger partial charge is 0.306 e. The van der Waals surface area contributed by atoms with Crippen LogP contribution < -0.4 is 25.9 Å². The first-order valence-electron chi connectivity index (χ1n) is 3.04. The number of fused-ring (bicyclic) bond motifs is 1. The summed E-state index contributed by atoms with van der Waals surface area (Å²) in [5.74, 6) is 0. The highest BCUT2D eigenvalue weighted by molar-refractivity contribution is 7.06. The average Bonchev–Trinajstić information content (AvgIpc) is 2.27. The second-order valence-corrected chi connectivity index (χ2v) is 3.13. The molecule has 1 unspecified atom stereocenters. The van der Waals surface area contributed by atoms with Gasteiger partial charge in [0.1, 0.15) is 0 Å². The summed E-state index contributed by atoms with van der Waals surface area (Å²) >= 11 is 1.11. The van der Waals surface area contributed by atoms with Gasteiger partial charge in [-0.15, -0.1) is 0 Å². The van der Waals surface area contributed by atoms with E-state index in [-0.39, 0.29) is 4.87 Å². The summed E-state index contributed by atoms with van der Waals surface area (Å²) in [6.07, 6.45) is 1.25. The maximum atomic E-state index is 10.8. The molecule has 0 fully saturated rings. The van der Waals surface area contributed by atoms with Gasteiger partial charge in [-0.05, 0) is 0 Å². The Kier molecular flexibility index (Phi) is 1.30. The van der Waals surface area contributed by atoms with Crippen molar-refractivity contribution in [2.45, 2.75) is 6.29 Å². The van der Waals surface area contributed by atoms with E-state index in [4.69, 9.17) is 5.73 Å². The SMILES string of the molecule is NC1N=c2[nH]c(=O)sc2=CN1. The van der Waals surface area contributed by atoms with E-state index < -0.39 is 6.29 Å². The fourth-order valence-corrected chi connectivity index (χ4v) is 1.54. The molecule has 58 valence electrons. The zero-order valence-corrected chi connectivity index (χ0v) is 6.31. The van der Waals surface area contributed by atoms with Crippen LogP contribution in [0.5, 0.6) is 0 Å². The first-order chi connectivity index (χ1) is 5.25. The fourth-order valence-electron chi connectivity index (χ4n) is 0.863. The van der Waals surface area contributed by atoms with Crippen molar-refractivity contribution >= 4 is 17.5 Å². The largest absolute Gasteiger partial charge is 0.356 e. The molecule has 0 aliphatic carbocycles.